The molecule has 4 rings (SSSR count). The maximum absolute atomic E-state index is 13.5. The SMILES string of the molecule is COc1ccc(S(=O)(=O)N2CCC(C)CC2)cc1C(=O)NC(c1ccccc1)c1ccccc1. The van der Waals surface area contributed by atoms with Crippen molar-refractivity contribution in [3.05, 3.63) is 95.6 Å². The minimum Gasteiger partial charge on any atom is -0.496 e. The van der Waals surface area contributed by atoms with Gasteiger partial charge < -0.3 is 10.1 Å². The number of piperidine rings is 1. The molecule has 6 nitrogen and oxygen atoms in total. The van der Waals surface area contributed by atoms with Crippen LogP contribution in [0.15, 0.2) is 83.8 Å². The smallest absolute Gasteiger partial charge is 0.255 e. The van der Waals surface area contributed by atoms with Crippen molar-refractivity contribution < 1.29 is 17.9 Å². The number of methoxy groups -OCH3 is 1. The zero-order valence-electron chi connectivity index (χ0n) is 19.5. The van der Waals surface area contributed by atoms with Crippen LogP contribution in [0.5, 0.6) is 5.75 Å². The molecule has 0 saturated carbocycles. The average molecular weight is 479 g/mol. The van der Waals surface area contributed by atoms with Gasteiger partial charge in [0.1, 0.15) is 5.75 Å². The van der Waals surface area contributed by atoms with Crippen molar-refractivity contribution in [2.24, 2.45) is 5.92 Å². The van der Waals surface area contributed by atoms with Crippen LogP contribution < -0.4 is 10.1 Å². The number of ether oxygens (including phenoxy) is 1. The molecule has 0 aromatic heterocycles. The van der Waals surface area contributed by atoms with Gasteiger partial charge in [0.2, 0.25) is 10.0 Å². The van der Waals surface area contributed by atoms with Gasteiger partial charge in [-0.05, 0) is 48.1 Å². The van der Waals surface area contributed by atoms with Crippen molar-refractivity contribution in [2.75, 3.05) is 20.2 Å². The summed E-state index contributed by atoms with van der Waals surface area (Å²) in [5.74, 6) is 0.430. The van der Waals surface area contributed by atoms with Gasteiger partial charge >= 0.3 is 0 Å². The quantitative estimate of drug-likeness (QED) is 0.537. The van der Waals surface area contributed by atoms with Crippen LogP contribution >= 0.6 is 0 Å². The molecule has 0 radical (unpaired) electrons. The van der Waals surface area contributed by atoms with Gasteiger partial charge in [0, 0.05) is 13.1 Å². The van der Waals surface area contributed by atoms with E-state index < -0.39 is 22.0 Å². The molecule has 3 aromatic carbocycles. The van der Waals surface area contributed by atoms with Crippen molar-refractivity contribution in [1.29, 1.82) is 0 Å². The predicted molar refractivity (Wildman–Crippen MR) is 132 cm³/mol. The van der Waals surface area contributed by atoms with E-state index in [1.165, 1.54) is 23.5 Å². The highest BCUT2D eigenvalue weighted by atomic mass is 32.2. The highest BCUT2D eigenvalue weighted by Crippen LogP contribution is 2.29. The molecule has 0 unspecified atom stereocenters. The monoisotopic (exact) mass is 478 g/mol. The fourth-order valence-corrected chi connectivity index (χ4v) is 5.75. The van der Waals surface area contributed by atoms with Gasteiger partial charge in [-0.25, -0.2) is 8.42 Å². The normalized spacial score (nSPS) is 15.3. The lowest BCUT2D eigenvalue weighted by Crippen LogP contribution is -2.38. The Morgan fingerprint density at radius 3 is 2.03 bits per heavy atom. The lowest BCUT2D eigenvalue weighted by molar-refractivity contribution is 0.0939. The molecule has 0 spiro atoms. The van der Waals surface area contributed by atoms with Crippen molar-refractivity contribution in [2.45, 2.75) is 30.7 Å². The van der Waals surface area contributed by atoms with Crippen molar-refractivity contribution in [3.8, 4) is 5.75 Å². The summed E-state index contributed by atoms with van der Waals surface area (Å²) < 4.78 is 33.5. The number of nitrogens with one attached hydrogen (secondary N) is 1. The first-order valence-corrected chi connectivity index (χ1v) is 12.9. The van der Waals surface area contributed by atoms with E-state index in [0.29, 0.717) is 24.8 Å². The molecule has 1 saturated heterocycles. The number of sulfonamides is 1. The molecule has 0 atom stereocenters. The second kappa shape index (κ2) is 10.4. The number of carbonyl (C=O) groups excluding carboxylic acids is 1. The summed E-state index contributed by atoms with van der Waals surface area (Å²) in [7, 11) is -2.23. The predicted octanol–water partition coefficient (Wildman–Crippen LogP) is 4.64. The molecule has 178 valence electrons. The highest BCUT2D eigenvalue weighted by molar-refractivity contribution is 7.89. The van der Waals surface area contributed by atoms with Crippen molar-refractivity contribution in [1.82, 2.24) is 9.62 Å². The Balaban J connectivity index is 1.67. The van der Waals surface area contributed by atoms with Gasteiger partial charge in [-0.2, -0.15) is 4.31 Å². The number of nitrogens with zero attached hydrogens (tertiary/aromatic N) is 1. The van der Waals surface area contributed by atoms with E-state index in [2.05, 4.69) is 12.2 Å². The molecule has 3 aromatic rings. The minimum absolute atomic E-state index is 0.101. The Morgan fingerprint density at radius 1 is 0.941 bits per heavy atom. The Bertz CT molecular complexity index is 1180. The zero-order chi connectivity index (χ0) is 24.1. The third-order valence-corrected chi connectivity index (χ3v) is 8.23. The molecule has 34 heavy (non-hydrogen) atoms. The maximum atomic E-state index is 13.5. The van der Waals surface area contributed by atoms with Gasteiger partial charge in [-0.3, -0.25) is 4.79 Å². The molecule has 1 fully saturated rings. The summed E-state index contributed by atoms with van der Waals surface area (Å²) in [6.07, 6.45) is 1.66. The van der Waals surface area contributed by atoms with Crippen LogP contribution in [-0.4, -0.2) is 38.8 Å². The fraction of sp³-hybridized carbons (Fsp3) is 0.296. The van der Waals surface area contributed by atoms with Crippen LogP contribution in [0.4, 0.5) is 0 Å². The van der Waals surface area contributed by atoms with Crippen LogP contribution in [0.2, 0.25) is 0 Å². The summed E-state index contributed by atoms with van der Waals surface area (Å²) >= 11 is 0. The Labute approximate surface area is 201 Å². The van der Waals surface area contributed by atoms with E-state index in [4.69, 9.17) is 4.74 Å². The third-order valence-electron chi connectivity index (χ3n) is 6.34. The van der Waals surface area contributed by atoms with E-state index in [0.717, 1.165) is 24.0 Å². The van der Waals surface area contributed by atoms with Gasteiger partial charge in [-0.1, -0.05) is 67.6 Å². The van der Waals surface area contributed by atoms with E-state index in [-0.39, 0.29) is 10.5 Å². The number of hydrogen-bond acceptors (Lipinski definition) is 4. The number of hydrogen-bond donors (Lipinski definition) is 1. The molecule has 1 aliphatic rings. The first kappa shape index (κ1) is 24.0. The molecular weight excluding hydrogens is 448 g/mol. The summed E-state index contributed by atoms with van der Waals surface area (Å²) in [4.78, 5) is 13.6. The maximum Gasteiger partial charge on any atom is 0.255 e. The van der Waals surface area contributed by atoms with Gasteiger partial charge in [0.15, 0.2) is 0 Å². The van der Waals surface area contributed by atoms with Gasteiger partial charge in [0.05, 0.1) is 23.6 Å². The number of rotatable bonds is 7. The van der Waals surface area contributed by atoms with Gasteiger partial charge in [-0.15, -0.1) is 0 Å². The molecule has 7 heteroatoms. The second-order valence-electron chi connectivity index (χ2n) is 8.68. The zero-order valence-corrected chi connectivity index (χ0v) is 20.3. The first-order valence-electron chi connectivity index (χ1n) is 11.5. The number of amides is 1. The number of carbonyl (C=O) groups is 1. The molecule has 1 amide bonds. The standard InChI is InChI=1S/C27H30N2O4S/c1-20-15-17-29(18-16-20)34(31,32)23-13-14-25(33-2)24(19-23)27(30)28-26(21-9-5-3-6-10-21)22-11-7-4-8-12-22/h3-14,19-20,26H,15-18H2,1-2H3,(H,28,30). The highest BCUT2D eigenvalue weighted by Gasteiger charge is 2.30. The summed E-state index contributed by atoms with van der Waals surface area (Å²) in [5.41, 5.74) is 2.03. The molecule has 1 N–H and O–H groups in total. The number of benzene rings is 3. The Morgan fingerprint density at radius 2 is 1.50 bits per heavy atom. The average Bonchev–Trinajstić information content (AvgIpc) is 2.88. The largest absolute Gasteiger partial charge is 0.496 e. The van der Waals surface area contributed by atoms with E-state index >= 15 is 0 Å². The van der Waals surface area contributed by atoms with Crippen LogP contribution in [0, 0.1) is 5.92 Å². The molecule has 0 bridgehead atoms. The van der Waals surface area contributed by atoms with Gasteiger partial charge in [0.25, 0.3) is 5.91 Å². The first-order chi connectivity index (χ1) is 16.4. The topological polar surface area (TPSA) is 75.7 Å². The van der Waals surface area contributed by atoms with Crippen LogP contribution in [0.3, 0.4) is 0 Å². The summed E-state index contributed by atoms with van der Waals surface area (Å²) in [6, 6.07) is 23.4. The van der Waals surface area contributed by atoms with E-state index in [1.807, 2.05) is 60.7 Å². The van der Waals surface area contributed by atoms with E-state index in [1.54, 1.807) is 6.07 Å². The summed E-state index contributed by atoms with van der Waals surface area (Å²) in [5, 5.41) is 3.08. The lowest BCUT2D eigenvalue weighted by Gasteiger charge is -2.29. The fourth-order valence-electron chi connectivity index (χ4n) is 4.26. The lowest BCUT2D eigenvalue weighted by atomic mass is 9.98. The van der Waals surface area contributed by atoms with Crippen LogP contribution in [0.1, 0.15) is 47.3 Å². The van der Waals surface area contributed by atoms with E-state index in [9.17, 15) is 13.2 Å². The van der Waals surface area contributed by atoms with Crippen LogP contribution in [-0.2, 0) is 10.0 Å². The minimum atomic E-state index is -3.70. The summed E-state index contributed by atoms with van der Waals surface area (Å²) in [6.45, 7) is 3.11. The molecule has 1 aliphatic heterocycles. The van der Waals surface area contributed by atoms with Crippen molar-refractivity contribution >= 4 is 15.9 Å². The second-order valence-corrected chi connectivity index (χ2v) is 10.6. The molecule has 1 heterocycles. The van der Waals surface area contributed by atoms with Crippen LogP contribution in [0.25, 0.3) is 0 Å². The molecular formula is C27H30N2O4S. The molecule has 0 aliphatic carbocycles. The third kappa shape index (κ3) is 5.16. The Kier molecular flexibility index (Phi) is 7.34. The Hall–Kier alpha value is -3.16. The van der Waals surface area contributed by atoms with Crippen molar-refractivity contribution in [3.63, 3.8) is 0 Å².